The van der Waals surface area contributed by atoms with Crippen LogP contribution in [-0.4, -0.2) is 36.8 Å². The highest BCUT2D eigenvalue weighted by molar-refractivity contribution is 7.89. The molecule has 5 N–H and O–H groups in total. The second-order valence-electron chi connectivity index (χ2n) is 7.24. The SMILES string of the molecule is CNS(=O)(=O)c1cc2c(c(C(=O)O)c1)Nc1cc(CCc3ccc(O)c(O)c3)ccc1O2. The fraction of sp³-hybridized carbons (Fsp3) is 0.136. The minimum Gasteiger partial charge on any atom is -0.504 e. The van der Waals surface area contributed by atoms with Gasteiger partial charge in [0.25, 0.3) is 0 Å². The highest BCUT2D eigenvalue weighted by Gasteiger charge is 2.27. The number of anilines is 2. The van der Waals surface area contributed by atoms with Crippen molar-refractivity contribution in [2.75, 3.05) is 12.4 Å². The summed E-state index contributed by atoms with van der Waals surface area (Å²) < 4.78 is 32.3. The van der Waals surface area contributed by atoms with Crippen molar-refractivity contribution < 1.29 is 33.3 Å². The van der Waals surface area contributed by atoms with Crippen LogP contribution < -0.4 is 14.8 Å². The summed E-state index contributed by atoms with van der Waals surface area (Å²) in [5, 5.41) is 31.7. The van der Waals surface area contributed by atoms with Crippen molar-refractivity contribution in [3.8, 4) is 23.0 Å². The summed E-state index contributed by atoms with van der Waals surface area (Å²) in [4.78, 5) is 11.6. The van der Waals surface area contributed by atoms with Crippen molar-refractivity contribution in [3.63, 3.8) is 0 Å². The molecule has 3 aromatic rings. The first-order valence-electron chi connectivity index (χ1n) is 9.61. The van der Waals surface area contributed by atoms with Gasteiger partial charge >= 0.3 is 5.97 Å². The van der Waals surface area contributed by atoms with Crippen LogP contribution in [0.15, 0.2) is 53.4 Å². The van der Waals surface area contributed by atoms with Crippen LogP contribution in [0.1, 0.15) is 21.5 Å². The molecule has 1 heterocycles. The minimum atomic E-state index is -3.87. The van der Waals surface area contributed by atoms with Crippen molar-refractivity contribution in [1.82, 2.24) is 4.72 Å². The molecule has 0 fully saturated rings. The third kappa shape index (κ3) is 4.05. The Morgan fingerprint density at radius 3 is 2.31 bits per heavy atom. The van der Waals surface area contributed by atoms with E-state index in [9.17, 15) is 28.5 Å². The predicted molar refractivity (Wildman–Crippen MR) is 117 cm³/mol. The molecule has 0 unspecified atom stereocenters. The summed E-state index contributed by atoms with van der Waals surface area (Å²) in [5.74, 6) is -1.13. The molecule has 0 amide bonds. The lowest BCUT2D eigenvalue weighted by Crippen LogP contribution is -2.20. The maximum atomic E-state index is 12.2. The van der Waals surface area contributed by atoms with E-state index in [-0.39, 0.29) is 33.4 Å². The molecule has 0 spiro atoms. The van der Waals surface area contributed by atoms with Crippen LogP contribution in [-0.2, 0) is 22.9 Å². The molecule has 0 aliphatic carbocycles. The van der Waals surface area contributed by atoms with Gasteiger partial charge in [-0.25, -0.2) is 17.9 Å². The third-order valence-electron chi connectivity index (χ3n) is 5.15. The third-order valence-corrected chi connectivity index (χ3v) is 6.54. The van der Waals surface area contributed by atoms with Gasteiger partial charge in [0.15, 0.2) is 23.0 Å². The van der Waals surface area contributed by atoms with Gasteiger partial charge in [-0.15, -0.1) is 0 Å². The summed E-state index contributed by atoms with van der Waals surface area (Å²) in [6.45, 7) is 0. The Morgan fingerprint density at radius 2 is 1.66 bits per heavy atom. The molecule has 3 aromatic carbocycles. The van der Waals surface area contributed by atoms with Crippen LogP contribution in [0.5, 0.6) is 23.0 Å². The van der Waals surface area contributed by atoms with Gasteiger partial charge in [-0.1, -0.05) is 12.1 Å². The standard InChI is InChI=1S/C22H20N2O7S/c1-23-32(29,30)14-10-15(22(27)28)21-20(11-14)31-19-7-5-12(8-16(19)24-21)2-3-13-4-6-17(25)18(26)9-13/h4-11,23-26H,2-3H2,1H3,(H,27,28). The van der Waals surface area contributed by atoms with Crippen LogP contribution in [0.25, 0.3) is 0 Å². The number of rotatable bonds is 6. The zero-order valence-electron chi connectivity index (χ0n) is 16.9. The average molecular weight is 456 g/mol. The number of aryl methyl sites for hydroxylation is 2. The number of phenols is 2. The molecule has 9 nitrogen and oxygen atoms in total. The number of hydrogen-bond donors (Lipinski definition) is 5. The maximum Gasteiger partial charge on any atom is 0.338 e. The van der Waals surface area contributed by atoms with Crippen molar-refractivity contribution in [2.45, 2.75) is 17.7 Å². The first-order chi connectivity index (χ1) is 15.2. The number of ether oxygens (including phenoxy) is 1. The van der Waals surface area contributed by atoms with E-state index >= 15 is 0 Å². The van der Waals surface area contributed by atoms with Gasteiger partial charge in [0.1, 0.15) is 0 Å². The number of hydrogen-bond acceptors (Lipinski definition) is 7. The Labute approximate surface area is 184 Å². The van der Waals surface area contributed by atoms with Crippen LogP contribution in [0.2, 0.25) is 0 Å². The van der Waals surface area contributed by atoms with E-state index in [1.165, 1.54) is 25.2 Å². The smallest absolute Gasteiger partial charge is 0.338 e. The van der Waals surface area contributed by atoms with E-state index in [2.05, 4.69) is 10.0 Å². The van der Waals surface area contributed by atoms with Crippen molar-refractivity contribution in [1.29, 1.82) is 0 Å². The van der Waals surface area contributed by atoms with Crippen molar-refractivity contribution >= 4 is 27.4 Å². The molecule has 166 valence electrons. The normalized spacial score (nSPS) is 12.3. The van der Waals surface area contributed by atoms with Gasteiger partial charge in [-0.2, -0.15) is 0 Å². The van der Waals surface area contributed by atoms with E-state index < -0.39 is 16.0 Å². The second-order valence-corrected chi connectivity index (χ2v) is 9.12. The van der Waals surface area contributed by atoms with Crippen LogP contribution in [0, 0.1) is 0 Å². The van der Waals surface area contributed by atoms with Crippen LogP contribution in [0.3, 0.4) is 0 Å². The Hall–Kier alpha value is -3.76. The Balaban J connectivity index is 1.62. The quantitative estimate of drug-likeness (QED) is 0.278. The number of benzene rings is 3. The van der Waals surface area contributed by atoms with E-state index in [1.54, 1.807) is 12.1 Å². The number of phenolic OH excluding ortho intramolecular Hbond substituents is 2. The maximum absolute atomic E-state index is 12.2. The lowest BCUT2D eigenvalue weighted by Gasteiger charge is -2.24. The number of nitrogens with one attached hydrogen (secondary N) is 2. The minimum absolute atomic E-state index is 0.0959. The van der Waals surface area contributed by atoms with Crippen LogP contribution in [0.4, 0.5) is 11.4 Å². The zero-order chi connectivity index (χ0) is 23.0. The molecule has 10 heteroatoms. The van der Waals surface area contributed by atoms with Gasteiger partial charge in [-0.3, -0.25) is 0 Å². The Morgan fingerprint density at radius 1 is 0.969 bits per heavy atom. The zero-order valence-corrected chi connectivity index (χ0v) is 17.7. The molecule has 0 saturated carbocycles. The van der Waals surface area contributed by atoms with Gasteiger partial charge in [0.05, 0.1) is 21.8 Å². The lowest BCUT2D eigenvalue weighted by atomic mass is 10.0. The van der Waals surface area contributed by atoms with Gasteiger partial charge < -0.3 is 25.4 Å². The summed E-state index contributed by atoms with van der Waals surface area (Å²) in [6.07, 6.45) is 1.23. The fourth-order valence-corrected chi connectivity index (χ4v) is 4.20. The number of sulfonamides is 1. The number of fused-ring (bicyclic) bond motifs is 2. The number of aromatic hydroxyl groups is 2. The van der Waals surface area contributed by atoms with Gasteiger partial charge in [-0.05, 0) is 61.3 Å². The molecule has 4 rings (SSSR count). The molecular formula is C22H20N2O7S. The average Bonchev–Trinajstić information content (AvgIpc) is 2.77. The molecule has 32 heavy (non-hydrogen) atoms. The van der Waals surface area contributed by atoms with Gasteiger partial charge in [0.2, 0.25) is 10.0 Å². The Bertz CT molecular complexity index is 1340. The predicted octanol–water partition coefficient (Wildman–Crippen LogP) is 3.34. The van der Waals surface area contributed by atoms with Crippen molar-refractivity contribution in [3.05, 3.63) is 65.2 Å². The monoisotopic (exact) mass is 456 g/mol. The lowest BCUT2D eigenvalue weighted by molar-refractivity contribution is 0.0697. The summed E-state index contributed by atoms with van der Waals surface area (Å²) >= 11 is 0. The Kier molecular flexibility index (Phi) is 5.41. The number of carboxylic acid groups (broad SMARTS) is 1. The van der Waals surface area contributed by atoms with Gasteiger partial charge in [0, 0.05) is 6.07 Å². The molecule has 1 aliphatic heterocycles. The van der Waals surface area contributed by atoms with E-state index in [4.69, 9.17) is 4.74 Å². The number of carbonyl (C=O) groups is 1. The molecular weight excluding hydrogens is 436 g/mol. The molecule has 0 radical (unpaired) electrons. The van der Waals surface area contributed by atoms with E-state index in [0.717, 1.165) is 17.2 Å². The largest absolute Gasteiger partial charge is 0.504 e. The molecule has 0 atom stereocenters. The van der Waals surface area contributed by atoms with E-state index in [1.807, 2.05) is 12.1 Å². The molecule has 0 bridgehead atoms. The van der Waals surface area contributed by atoms with Crippen LogP contribution >= 0.6 is 0 Å². The summed E-state index contributed by atoms with van der Waals surface area (Å²) in [7, 11) is -2.63. The highest BCUT2D eigenvalue weighted by Crippen LogP contribution is 2.45. The molecule has 0 saturated heterocycles. The second kappa shape index (κ2) is 8.06. The fourth-order valence-electron chi connectivity index (χ4n) is 3.43. The first-order valence-corrected chi connectivity index (χ1v) is 11.1. The molecule has 1 aliphatic rings. The number of carboxylic acids is 1. The molecule has 0 aromatic heterocycles. The van der Waals surface area contributed by atoms with E-state index in [0.29, 0.717) is 24.3 Å². The highest BCUT2D eigenvalue weighted by atomic mass is 32.2. The van der Waals surface area contributed by atoms with Crippen molar-refractivity contribution in [2.24, 2.45) is 0 Å². The number of aromatic carboxylic acids is 1. The topological polar surface area (TPSA) is 145 Å². The first kappa shape index (κ1) is 21.5. The summed E-state index contributed by atoms with van der Waals surface area (Å²) in [5.41, 5.74) is 2.27. The summed E-state index contributed by atoms with van der Waals surface area (Å²) in [6, 6.07) is 12.4.